The van der Waals surface area contributed by atoms with Crippen LogP contribution in [-0.2, 0) is 18.5 Å². The topological polar surface area (TPSA) is 57.1 Å². The van der Waals surface area contributed by atoms with Crippen molar-refractivity contribution in [1.82, 2.24) is 0 Å². The van der Waals surface area contributed by atoms with E-state index < -0.39 is 16.6 Å². The van der Waals surface area contributed by atoms with Crippen molar-refractivity contribution in [3.05, 3.63) is 23.3 Å². The molecule has 7 heteroatoms. The van der Waals surface area contributed by atoms with E-state index in [-0.39, 0.29) is 12.1 Å². The van der Waals surface area contributed by atoms with Crippen LogP contribution in [0.5, 0.6) is 0 Å². The molecule has 34 heavy (non-hydrogen) atoms. The van der Waals surface area contributed by atoms with Gasteiger partial charge in [0.1, 0.15) is 7.11 Å². The van der Waals surface area contributed by atoms with Gasteiger partial charge in [0, 0.05) is 6.42 Å². The van der Waals surface area contributed by atoms with Crippen molar-refractivity contribution < 1.29 is 18.5 Å². The number of rotatable bonds is 17. The number of unbranched alkanes of at least 4 members (excludes halogenated alkanes) is 5. The number of carbonyl (C=O) groups excluding carboxylic acids is 1. The van der Waals surface area contributed by atoms with E-state index >= 15 is 0 Å². The molecular formula is C27H51NO4Si2. The van der Waals surface area contributed by atoms with Gasteiger partial charge in [0.05, 0.1) is 11.8 Å². The molecule has 0 bridgehead atoms. The SMILES string of the molecule is CCCCC[C@@H](/C=C/C1=C(CCCCCCC(=O)O[Si](C)(C)C)C(=N\OC)/CC1)O[Si](C)(C)C. The van der Waals surface area contributed by atoms with E-state index in [0.717, 1.165) is 57.1 Å². The van der Waals surface area contributed by atoms with Gasteiger partial charge in [0.15, 0.2) is 8.32 Å². The minimum Gasteiger partial charge on any atom is -0.520 e. The molecule has 0 aromatic carbocycles. The zero-order chi connectivity index (χ0) is 25.6. The maximum Gasteiger partial charge on any atom is 0.292 e. The van der Waals surface area contributed by atoms with E-state index in [1.165, 1.54) is 30.4 Å². The van der Waals surface area contributed by atoms with Gasteiger partial charge in [-0.1, -0.05) is 56.3 Å². The summed E-state index contributed by atoms with van der Waals surface area (Å²) < 4.78 is 12.0. The lowest BCUT2D eigenvalue weighted by atomic mass is 10.0. The second-order valence-corrected chi connectivity index (χ2v) is 20.2. The van der Waals surface area contributed by atoms with Gasteiger partial charge in [0.25, 0.3) is 5.97 Å². The first kappa shape index (κ1) is 30.8. The Morgan fingerprint density at radius 1 is 0.971 bits per heavy atom. The molecule has 0 fully saturated rings. The number of hydrogen-bond acceptors (Lipinski definition) is 5. The Bertz CT molecular complexity index is 702. The summed E-state index contributed by atoms with van der Waals surface area (Å²) in [6.07, 6.45) is 17.3. The van der Waals surface area contributed by atoms with Gasteiger partial charge < -0.3 is 13.7 Å². The summed E-state index contributed by atoms with van der Waals surface area (Å²) in [4.78, 5) is 17.0. The summed E-state index contributed by atoms with van der Waals surface area (Å²) in [5.41, 5.74) is 3.82. The molecule has 1 aliphatic rings. The fraction of sp³-hybridized carbons (Fsp3) is 0.778. The van der Waals surface area contributed by atoms with Crippen LogP contribution in [0.15, 0.2) is 28.5 Å². The van der Waals surface area contributed by atoms with Gasteiger partial charge in [0.2, 0.25) is 8.32 Å². The van der Waals surface area contributed by atoms with Crippen LogP contribution in [0.3, 0.4) is 0 Å². The van der Waals surface area contributed by atoms with E-state index in [1.807, 2.05) is 0 Å². The van der Waals surface area contributed by atoms with E-state index in [0.29, 0.717) is 6.42 Å². The van der Waals surface area contributed by atoms with Gasteiger partial charge in [-0.25, -0.2) is 0 Å². The van der Waals surface area contributed by atoms with E-state index in [2.05, 4.69) is 63.5 Å². The molecule has 0 heterocycles. The van der Waals surface area contributed by atoms with Gasteiger partial charge in [-0.3, -0.25) is 4.79 Å². The molecule has 0 radical (unpaired) electrons. The minimum atomic E-state index is -1.77. The summed E-state index contributed by atoms with van der Waals surface area (Å²) in [7, 11) is -1.74. The second-order valence-electron chi connectivity index (χ2n) is 11.3. The van der Waals surface area contributed by atoms with Crippen molar-refractivity contribution in [2.45, 2.75) is 129 Å². The maximum absolute atomic E-state index is 11.9. The highest BCUT2D eigenvalue weighted by molar-refractivity contribution is 6.71. The van der Waals surface area contributed by atoms with Crippen molar-refractivity contribution in [1.29, 1.82) is 0 Å². The number of hydrogen-bond donors (Lipinski definition) is 0. The number of allylic oxidation sites excluding steroid dienone is 3. The average Bonchev–Trinajstić information content (AvgIpc) is 3.08. The van der Waals surface area contributed by atoms with E-state index in [9.17, 15) is 4.79 Å². The third-order valence-electron chi connectivity index (χ3n) is 5.66. The normalized spacial score (nSPS) is 17.1. The molecule has 0 N–H and O–H groups in total. The lowest BCUT2D eigenvalue weighted by Crippen LogP contribution is -2.31. The Hall–Kier alpha value is -1.19. The van der Waals surface area contributed by atoms with Crippen molar-refractivity contribution in [3.8, 4) is 0 Å². The number of carbonyl (C=O) groups is 1. The summed E-state index contributed by atoms with van der Waals surface area (Å²) in [6, 6.07) is 0. The van der Waals surface area contributed by atoms with Crippen molar-refractivity contribution in [2.75, 3.05) is 7.11 Å². The van der Waals surface area contributed by atoms with Crippen LogP contribution in [0.2, 0.25) is 39.3 Å². The summed E-state index contributed by atoms with van der Waals surface area (Å²) in [6.45, 7) is 15.2. The first-order valence-corrected chi connectivity index (χ1v) is 20.2. The molecule has 5 nitrogen and oxygen atoms in total. The third kappa shape index (κ3) is 14.3. The Morgan fingerprint density at radius 3 is 2.29 bits per heavy atom. The van der Waals surface area contributed by atoms with Gasteiger partial charge in [-0.2, -0.15) is 0 Å². The zero-order valence-electron chi connectivity index (χ0n) is 23.3. The first-order valence-electron chi connectivity index (χ1n) is 13.4. The fourth-order valence-corrected chi connectivity index (χ4v) is 6.11. The van der Waals surface area contributed by atoms with Crippen molar-refractivity contribution in [2.24, 2.45) is 5.16 Å². The molecule has 0 saturated carbocycles. The van der Waals surface area contributed by atoms with Gasteiger partial charge in [-0.05, 0) is 89.0 Å². The van der Waals surface area contributed by atoms with Crippen LogP contribution in [0, 0.1) is 0 Å². The monoisotopic (exact) mass is 509 g/mol. The molecule has 0 aromatic heterocycles. The molecule has 196 valence electrons. The molecule has 1 atom stereocenters. The molecule has 0 aliphatic heterocycles. The summed E-state index contributed by atoms with van der Waals surface area (Å²) >= 11 is 0. The highest BCUT2D eigenvalue weighted by atomic mass is 28.4. The van der Waals surface area contributed by atoms with Crippen LogP contribution < -0.4 is 0 Å². The zero-order valence-corrected chi connectivity index (χ0v) is 25.3. The van der Waals surface area contributed by atoms with Crippen molar-refractivity contribution >= 4 is 28.3 Å². The quantitative estimate of drug-likeness (QED) is 0.113. The number of oxime groups is 1. The van der Waals surface area contributed by atoms with Crippen molar-refractivity contribution in [3.63, 3.8) is 0 Å². The lowest BCUT2D eigenvalue weighted by Gasteiger charge is -2.24. The highest BCUT2D eigenvalue weighted by Gasteiger charge is 2.23. The smallest absolute Gasteiger partial charge is 0.292 e. The predicted octanol–water partition coefficient (Wildman–Crippen LogP) is 8.15. The predicted molar refractivity (Wildman–Crippen MR) is 149 cm³/mol. The van der Waals surface area contributed by atoms with Crippen LogP contribution in [0.1, 0.15) is 84.0 Å². The lowest BCUT2D eigenvalue weighted by molar-refractivity contribution is -0.135. The van der Waals surface area contributed by atoms with Crippen LogP contribution >= 0.6 is 0 Å². The van der Waals surface area contributed by atoms with E-state index in [1.54, 1.807) is 7.11 Å². The highest BCUT2D eigenvalue weighted by Crippen LogP contribution is 2.30. The second kappa shape index (κ2) is 15.7. The van der Waals surface area contributed by atoms with Crippen LogP contribution in [0.25, 0.3) is 0 Å². The largest absolute Gasteiger partial charge is 0.520 e. The van der Waals surface area contributed by atoms with Gasteiger partial charge >= 0.3 is 0 Å². The number of nitrogens with zero attached hydrogens (tertiary/aromatic N) is 1. The Labute approximate surface area is 211 Å². The summed E-state index contributed by atoms with van der Waals surface area (Å²) in [5, 5.41) is 4.32. The maximum atomic E-state index is 11.9. The van der Waals surface area contributed by atoms with Crippen LogP contribution in [-0.4, -0.2) is 41.5 Å². The molecule has 0 unspecified atom stereocenters. The molecule has 0 saturated heterocycles. The molecule has 1 rings (SSSR count). The Balaban J connectivity index is 2.69. The third-order valence-corrected chi connectivity index (χ3v) is 7.51. The molecule has 0 amide bonds. The molecule has 0 spiro atoms. The first-order chi connectivity index (χ1) is 15.9. The molecule has 0 aromatic rings. The Kier molecular flexibility index (Phi) is 14.3. The Morgan fingerprint density at radius 2 is 1.68 bits per heavy atom. The molecule has 1 aliphatic carbocycles. The van der Waals surface area contributed by atoms with E-state index in [4.69, 9.17) is 13.7 Å². The molecular weight excluding hydrogens is 458 g/mol. The summed E-state index contributed by atoms with van der Waals surface area (Å²) in [5.74, 6) is -0.0337. The average molecular weight is 510 g/mol. The van der Waals surface area contributed by atoms with Gasteiger partial charge in [-0.15, -0.1) is 0 Å². The standard InChI is InChI=1S/C27H51NO4Si2/c1-9-10-13-16-24(31-33(3,4)5)21-19-23-20-22-26(28-30-2)25(23)17-14-11-12-15-18-27(29)32-34(6,7)8/h19,21,24H,9-18,20,22H2,1-8H3/b21-19+,28-26-/t24-/m0/s1. The fourth-order valence-electron chi connectivity index (χ4n) is 4.22. The minimum absolute atomic E-state index is 0.0337. The van der Waals surface area contributed by atoms with Crippen LogP contribution in [0.4, 0.5) is 0 Å².